The van der Waals surface area contributed by atoms with E-state index in [0.29, 0.717) is 10.8 Å². The monoisotopic (exact) mass is 300 g/mol. The van der Waals surface area contributed by atoms with Gasteiger partial charge < -0.3 is 4.74 Å². The normalized spacial score (nSPS) is 18.3. The van der Waals surface area contributed by atoms with Crippen molar-refractivity contribution in [3.8, 4) is 5.75 Å². The zero-order valence-electron chi connectivity index (χ0n) is 11.2. The SMILES string of the molecule is COc1cc(C(CC2CCSCC2)NN)ccc1Cl. The van der Waals surface area contributed by atoms with Crippen LogP contribution in [0.3, 0.4) is 0 Å². The topological polar surface area (TPSA) is 47.3 Å². The van der Waals surface area contributed by atoms with Crippen LogP contribution in [-0.4, -0.2) is 18.6 Å². The Hall–Kier alpha value is -0.420. The number of benzene rings is 1. The highest BCUT2D eigenvalue weighted by Crippen LogP contribution is 2.33. The second-order valence-corrected chi connectivity index (χ2v) is 6.54. The molecule has 5 heteroatoms. The Kier molecular flexibility index (Phi) is 5.82. The maximum absolute atomic E-state index is 6.06. The Balaban J connectivity index is 2.07. The molecule has 0 bridgehead atoms. The summed E-state index contributed by atoms with van der Waals surface area (Å²) in [4.78, 5) is 0. The molecule has 1 aliphatic heterocycles. The number of halogens is 1. The van der Waals surface area contributed by atoms with E-state index in [2.05, 4.69) is 5.43 Å². The molecule has 0 saturated carbocycles. The van der Waals surface area contributed by atoms with Gasteiger partial charge in [0.2, 0.25) is 0 Å². The van der Waals surface area contributed by atoms with Gasteiger partial charge in [-0.3, -0.25) is 11.3 Å². The predicted molar refractivity (Wildman–Crippen MR) is 82.7 cm³/mol. The summed E-state index contributed by atoms with van der Waals surface area (Å²) < 4.78 is 5.27. The van der Waals surface area contributed by atoms with Crippen LogP contribution in [0.15, 0.2) is 18.2 Å². The molecule has 1 aromatic rings. The molecule has 19 heavy (non-hydrogen) atoms. The fraction of sp³-hybridized carbons (Fsp3) is 0.571. The zero-order valence-corrected chi connectivity index (χ0v) is 12.8. The molecule has 3 N–H and O–H groups in total. The minimum atomic E-state index is 0.166. The second-order valence-electron chi connectivity index (χ2n) is 4.90. The van der Waals surface area contributed by atoms with Gasteiger partial charge in [0.15, 0.2) is 0 Å². The van der Waals surface area contributed by atoms with E-state index in [4.69, 9.17) is 22.2 Å². The van der Waals surface area contributed by atoms with Crippen molar-refractivity contribution in [2.75, 3.05) is 18.6 Å². The van der Waals surface area contributed by atoms with Gasteiger partial charge in [0, 0.05) is 6.04 Å². The lowest BCUT2D eigenvalue weighted by molar-refractivity contribution is 0.371. The molecular formula is C14H21ClN2OS. The van der Waals surface area contributed by atoms with Gasteiger partial charge in [-0.2, -0.15) is 11.8 Å². The molecule has 1 atom stereocenters. The highest BCUT2D eigenvalue weighted by molar-refractivity contribution is 7.99. The third-order valence-corrected chi connectivity index (χ3v) is 5.05. The Bertz CT molecular complexity index is 410. The van der Waals surface area contributed by atoms with Gasteiger partial charge in [-0.15, -0.1) is 0 Å². The summed E-state index contributed by atoms with van der Waals surface area (Å²) in [7, 11) is 1.63. The van der Waals surface area contributed by atoms with Crippen LogP contribution in [0.2, 0.25) is 5.02 Å². The van der Waals surface area contributed by atoms with E-state index < -0.39 is 0 Å². The summed E-state index contributed by atoms with van der Waals surface area (Å²) in [6.07, 6.45) is 3.64. The Morgan fingerprint density at radius 1 is 1.47 bits per heavy atom. The van der Waals surface area contributed by atoms with Gasteiger partial charge in [0.25, 0.3) is 0 Å². The van der Waals surface area contributed by atoms with Crippen LogP contribution in [0.25, 0.3) is 0 Å². The van der Waals surface area contributed by atoms with Crippen molar-refractivity contribution in [1.82, 2.24) is 5.43 Å². The molecule has 1 unspecified atom stereocenters. The quantitative estimate of drug-likeness (QED) is 0.646. The van der Waals surface area contributed by atoms with Crippen LogP contribution in [0, 0.1) is 5.92 Å². The molecule has 106 valence electrons. The van der Waals surface area contributed by atoms with Crippen LogP contribution in [0.5, 0.6) is 5.75 Å². The molecule has 0 spiro atoms. The van der Waals surface area contributed by atoms with E-state index in [-0.39, 0.29) is 6.04 Å². The summed E-state index contributed by atoms with van der Waals surface area (Å²) in [5, 5.41) is 0.635. The van der Waals surface area contributed by atoms with Crippen molar-refractivity contribution in [3.63, 3.8) is 0 Å². The number of nitrogens with two attached hydrogens (primary N) is 1. The summed E-state index contributed by atoms with van der Waals surface area (Å²) >= 11 is 8.10. The standard InChI is InChI=1S/C14H21ClN2OS/c1-18-14-9-11(2-3-12(14)15)13(17-16)8-10-4-6-19-7-5-10/h2-3,9-10,13,17H,4-8,16H2,1H3. The molecule has 1 aliphatic rings. The first-order valence-electron chi connectivity index (χ1n) is 6.62. The van der Waals surface area contributed by atoms with Crippen molar-refractivity contribution in [2.45, 2.75) is 25.3 Å². The number of thioether (sulfide) groups is 1. The van der Waals surface area contributed by atoms with Crippen LogP contribution >= 0.6 is 23.4 Å². The van der Waals surface area contributed by atoms with E-state index in [1.807, 2.05) is 30.0 Å². The van der Waals surface area contributed by atoms with Crippen molar-refractivity contribution in [3.05, 3.63) is 28.8 Å². The lowest BCUT2D eigenvalue weighted by atomic mass is 9.91. The van der Waals surface area contributed by atoms with E-state index in [9.17, 15) is 0 Å². The Morgan fingerprint density at radius 2 is 2.21 bits per heavy atom. The first-order valence-corrected chi connectivity index (χ1v) is 8.15. The van der Waals surface area contributed by atoms with Gasteiger partial charge >= 0.3 is 0 Å². The molecule has 1 heterocycles. The average Bonchev–Trinajstić information content (AvgIpc) is 2.46. The van der Waals surface area contributed by atoms with Crippen LogP contribution in [0.4, 0.5) is 0 Å². The lowest BCUT2D eigenvalue weighted by Gasteiger charge is -2.26. The number of hydrogen-bond acceptors (Lipinski definition) is 4. The largest absolute Gasteiger partial charge is 0.495 e. The van der Waals surface area contributed by atoms with E-state index in [1.165, 1.54) is 24.3 Å². The summed E-state index contributed by atoms with van der Waals surface area (Å²) in [5.41, 5.74) is 4.07. The second kappa shape index (κ2) is 7.39. The van der Waals surface area contributed by atoms with Crippen molar-refractivity contribution >= 4 is 23.4 Å². The molecule has 0 aromatic heterocycles. The van der Waals surface area contributed by atoms with E-state index in [0.717, 1.165) is 17.9 Å². The lowest BCUT2D eigenvalue weighted by Crippen LogP contribution is -2.30. The maximum Gasteiger partial charge on any atom is 0.137 e. The molecule has 1 fully saturated rings. The minimum Gasteiger partial charge on any atom is -0.495 e. The van der Waals surface area contributed by atoms with Gasteiger partial charge in [-0.05, 0) is 54.4 Å². The van der Waals surface area contributed by atoms with Crippen molar-refractivity contribution < 1.29 is 4.74 Å². The van der Waals surface area contributed by atoms with Gasteiger partial charge in [0.05, 0.1) is 12.1 Å². The summed E-state index contributed by atoms with van der Waals surface area (Å²) in [5.74, 6) is 9.72. The van der Waals surface area contributed by atoms with Crippen LogP contribution < -0.4 is 16.0 Å². The zero-order chi connectivity index (χ0) is 13.7. The van der Waals surface area contributed by atoms with Crippen molar-refractivity contribution in [2.24, 2.45) is 11.8 Å². The first kappa shape index (κ1) is 15.0. The minimum absolute atomic E-state index is 0.166. The molecule has 0 amide bonds. The smallest absolute Gasteiger partial charge is 0.137 e. The Morgan fingerprint density at radius 3 is 2.84 bits per heavy atom. The fourth-order valence-corrected chi connectivity index (χ4v) is 3.91. The number of rotatable bonds is 5. The Labute approximate surface area is 124 Å². The number of nitrogens with one attached hydrogen (secondary N) is 1. The van der Waals surface area contributed by atoms with E-state index in [1.54, 1.807) is 7.11 Å². The predicted octanol–water partition coefficient (Wildman–Crippen LogP) is 3.39. The molecule has 2 rings (SSSR count). The van der Waals surface area contributed by atoms with E-state index >= 15 is 0 Å². The molecular weight excluding hydrogens is 280 g/mol. The number of methoxy groups -OCH3 is 1. The maximum atomic E-state index is 6.06. The van der Waals surface area contributed by atoms with Crippen LogP contribution in [-0.2, 0) is 0 Å². The molecule has 3 nitrogen and oxygen atoms in total. The average molecular weight is 301 g/mol. The highest BCUT2D eigenvalue weighted by Gasteiger charge is 2.20. The first-order chi connectivity index (χ1) is 9.24. The number of hydrazine groups is 1. The number of hydrogen-bond donors (Lipinski definition) is 2. The van der Waals surface area contributed by atoms with Gasteiger partial charge in [-0.1, -0.05) is 17.7 Å². The fourth-order valence-electron chi connectivity index (χ4n) is 2.51. The number of ether oxygens (including phenoxy) is 1. The van der Waals surface area contributed by atoms with Crippen molar-refractivity contribution in [1.29, 1.82) is 0 Å². The summed E-state index contributed by atoms with van der Waals surface area (Å²) in [6.45, 7) is 0. The van der Waals surface area contributed by atoms with Gasteiger partial charge in [-0.25, -0.2) is 0 Å². The third-order valence-electron chi connectivity index (χ3n) is 3.69. The van der Waals surface area contributed by atoms with Gasteiger partial charge in [0.1, 0.15) is 5.75 Å². The third kappa shape index (κ3) is 4.02. The molecule has 0 radical (unpaired) electrons. The molecule has 1 saturated heterocycles. The highest BCUT2D eigenvalue weighted by atomic mass is 35.5. The van der Waals surface area contributed by atoms with Crippen LogP contribution in [0.1, 0.15) is 30.9 Å². The summed E-state index contributed by atoms with van der Waals surface area (Å²) in [6, 6.07) is 6.04. The molecule has 0 aliphatic carbocycles. The molecule has 1 aromatic carbocycles.